The number of benzene rings is 2. The molecule has 1 amide bonds. The van der Waals surface area contributed by atoms with Crippen LogP contribution < -0.4 is 10.6 Å². The topological polar surface area (TPSA) is 66.9 Å². The largest absolute Gasteiger partial charge is 0.350 e. The number of nitrogens with zero attached hydrogens (tertiary/aromatic N) is 2. The molecule has 3 aromatic rings. The molecular formula is C20H19ClN4O. The number of hydrogen-bond acceptors (Lipinski definition) is 4. The van der Waals surface area contributed by atoms with Crippen LogP contribution in [0.4, 0.5) is 11.5 Å². The number of anilines is 2. The summed E-state index contributed by atoms with van der Waals surface area (Å²) in [5.74, 6) is 0.340. The molecule has 132 valence electrons. The minimum atomic E-state index is -0.248. The Morgan fingerprint density at radius 3 is 2.65 bits per heavy atom. The summed E-state index contributed by atoms with van der Waals surface area (Å²) >= 11 is 5.95. The van der Waals surface area contributed by atoms with Crippen molar-refractivity contribution in [2.24, 2.45) is 0 Å². The maximum absolute atomic E-state index is 12.2. The number of carbonyl (C=O) groups excluding carboxylic acids is 1. The van der Waals surface area contributed by atoms with Crippen LogP contribution in [-0.2, 0) is 6.42 Å². The summed E-state index contributed by atoms with van der Waals surface area (Å²) < 4.78 is 0. The predicted octanol–water partition coefficient (Wildman–Crippen LogP) is 4.15. The first-order chi connectivity index (χ1) is 12.6. The summed E-state index contributed by atoms with van der Waals surface area (Å²) in [6, 6.07) is 15.5. The summed E-state index contributed by atoms with van der Waals surface area (Å²) in [6.07, 6.45) is 3.72. The quantitative estimate of drug-likeness (QED) is 0.687. The molecule has 26 heavy (non-hydrogen) atoms. The molecular weight excluding hydrogens is 348 g/mol. The molecule has 2 N–H and O–H groups in total. The highest BCUT2D eigenvalue weighted by Gasteiger charge is 2.08. The maximum atomic E-state index is 12.2. The molecule has 0 aliphatic carbocycles. The lowest BCUT2D eigenvalue weighted by Crippen LogP contribution is -2.26. The van der Waals surface area contributed by atoms with E-state index < -0.39 is 0 Å². The van der Waals surface area contributed by atoms with Gasteiger partial charge in [-0.05, 0) is 48.7 Å². The average Bonchev–Trinajstić information content (AvgIpc) is 2.62. The molecule has 0 fully saturated rings. The van der Waals surface area contributed by atoms with Crippen LogP contribution in [0.2, 0.25) is 5.02 Å². The van der Waals surface area contributed by atoms with Crippen molar-refractivity contribution in [1.29, 1.82) is 0 Å². The Morgan fingerprint density at radius 2 is 1.92 bits per heavy atom. The van der Waals surface area contributed by atoms with Gasteiger partial charge in [-0.1, -0.05) is 35.9 Å². The molecule has 3 rings (SSSR count). The third-order valence-corrected chi connectivity index (χ3v) is 4.00. The van der Waals surface area contributed by atoms with Crippen molar-refractivity contribution in [3.05, 3.63) is 82.8 Å². The summed E-state index contributed by atoms with van der Waals surface area (Å²) in [5, 5.41) is 6.69. The van der Waals surface area contributed by atoms with E-state index in [1.165, 1.54) is 6.20 Å². The zero-order chi connectivity index (χ0) is 18.4. The zero-order valence-corrected chi connectivity index (χ0v) is 15.1. The van der Waals surface area contributed by atoms with E-state index in [0.29, 0.717) is 23.8 Å². The van der Waals surface area contributed by atoms with Crippen molar-refractivity contribution in [2.75, 3.05) is 11.9 Å². The summed E-state index contributed by atoms with van der Waals surface area (Å²) in [4.78, 5) is 20.6. The molecule has 0 unspecified atom stereocenters. The van der Waals surface area contributed by atoms with E-state index in [4.69, 9.17) is 11.6 Å². The highest BCUT2D eigenvalue weighted by Crippen LogP contribution is 2.15. The van der Waals surface area contributed by atoms with E-state index in [2.05, 4.69) is 20.6 Å². The Kier molecular flexibility index (Phi) is 5.81. The number of amides is 1. The molecule has 0 aliphatic heterocycles. The fourth-order valence-corrected chi connectivity index (χ4v) is 2.70. The number of hydrogen-bond donors (Lipinski definition) is 2. The van der Waals surface area contributed by atoms with Crippen LogP contribution in [0.1, 0.15) is 21.6 Å². The van der Waals surface area contributed by atoms with Gasteiger partial charge in [0.1, 0.15) is 11.5 Å². The molecule has 0 aliphatic rings. The van der Waals surface area contributed by atoms with Crippen LogP contribution >= 0.6 is 11.6 Å². The fraction of sp³-hybridized carbons (Fsp3) is 0.150. The van der Waals surface area contributed by atoms with Gasteiger partial charge in [-0.3, -0.25) is 4.79 Å². The Balaban J connectivity index is 1.53. The average molecular weight is 367 g/mol. The van der Waals surface area contributed by atoms with Crippen LogP contribution in [0.15, 0.2) is 60.9 Å². The Hall–Kier alpha value is -2.92. The maximum Gasteiger partial charge on any atom is 0.271 e. The van der Waals surface area contributed by atoms with E-state index in [1.54, 1.807) is 6.20 Å². The molecule has 2 aromatic carbocycles. The first-order valence-electron chi connectivity index (χ1n) is 8.28. The van der Waals surface area contributed by atoms with Crippen LogP contribution in [0.5, 0.6) is 0 Å². The van der Waals surface area contributed by atoms with E-state index in [-0.39, 0.29) is 11.6 Å². The van der Waals surface area contributed by atoms with E-state index in [0.717, 1.165) is 16.8 Å². The van der Waals surface area contributed by atoms with Gasteiger partial charge in [-0.25, -0.2) is 9.97 Å². The number of rotatable bonds is 6. The van der Waals surface area contributed by atoms with Crippen molar-refractivity contribution < 1.29 is 4.79 Å². The molecule has 0 saturated carbocycles. The highest BCUT2D eigenvalue weighted by molar-refractivity contribution is 6.30. The first kappa shape index (κ1) is 17.9. The molecule has 6 heteroatoms. The lowest BCUT2D eigenvalue weighted by atomic mass is 10.1. The number of aryl methyl sites for hydroxylation is 1. The third-order valence-electron chi connectivity index (χ3n) is 3.76. The number of aromatic nitrogens is 2. The third kappa shape index (κ3) is 5.04. The molecule has 5 nitrogen and oxygen atoms in total. The molecule has 0 atom stereocenters. The fourth-order valence-electron chi connectivity index (χ4n) is 2.48. The molecule has 0 radical (unpaired) electrons. The standard InChI is InChI=1S/C20H19ClN4O/c1-14-4-2-7-17(10-14)25-19-13-23-18(12-24-19)20(26)22-9-8-15-5-3-6-16(21)11-15/h2-7,10-13H,8-9H2,1H3,(H,22,26)(H,24,25). The van der Waals surface area contributed by atoms with Crippen LogP contribution in [-0.4, -0.2) is 22.4 Å². The van der Waals surface area contributed by atoms with Gasteiger partial charge in [0.25, 0.3) is 5.91 Å². The lowest BCUT2D eigenvalue weighted by molar-refractivity contribution is 0.0949. The first-order valence-corrected chi connectivity index (χ1v) is 8.66. The Bertz CT molecular complexity index is 896. The zero-order valence-electron chi connectivity index (χ0n) is 14.4. The van der Waals surface area contributed by atoms with E-state index in [9.17, 15) is 4.79 Å². The number of halogens is 1. The van der Waals surface area contributed by atoms with Crippen LogP contribution in [0.3, 0.4) is 0 Å². The van der Waals surface area contributed by atoms with Gasteiger partial charge in [0.15, 0.2) is 0 Å². The minimum absolute atomic E-state index is 0.248. The predicted molar refractivity (Wildman–Crippen MR) is 104 cm³/mol. The minimum Gasteiger partial charge on any atom is -0.350 e. The molecule has 0 saturated heterocycles. The lowest BCUT2D eigenvalue weighted by Gasteiger charge is -2.07. The summed E-state index contributed by atoms with van der Waals surface area (Å²) in [7, 11) is 0. The van der Waals surface area contributed by atoms with Crippen molar-refractivity contribution in [3.8, 4) is 0 Å². The van der Waals surface area contributed by atoms with Gasteiger partial charge in [-0.2, -0.15) is 0 Å². The molecule has 0 spiro atoms. The van der Waals surface area contributed by atoms with Crippen molar-refractivity contribution >= 4 is 29.0 Å². The van der Waals surface area contributed by atoms with Crippen LogP contribution in [0.25, 0.3) is 0 Å². The SMILES string of the molecule is Cc1cccc(Nc2cnc(C(=O)NCCc3cccc(Cl)c3)cn2)c1. The number of carbonyl (C=O) groups is 1. The highest BCUT2D eigenvalue weighted by atomic mass is 35.5. The Labute approximate surface area is 157 Å². The second kappa shape index (κ2) is 8.45. The summed E-state index contributed by atoms with van der Waals surface area (Å²) in [6.45, 7) is 2.53. The van der Waals surface area contributed by atoms with Crippen molar-refractivity contribution in [1.82, 2.24) is 15.3 Å². The van der Waals surface area contributed by atoms with Gasteiger partial charge in [0, 0.05) is 17.3 Å². The second-order valence-electron chi connectivity index (χ2n) is 5.92. The van der Waals surface area contributed by atoms with E-state index in [1.807, 2.05) is 55.5 Å². The van der Waals surface area contributed by atoms with Gasteiger partial charge in [-0.15, -0.1) is 0 Å². The van der Waals surface area contributed by atoms with Gasteiger partial charge in [0.2, 0.25) is 0 Å². The monoisotopic (exact) mass is 366 g/mol. The molecule has 0 bridgehead atoms. The van der Waals surface area contributed by atoms with Crippen molar-refractivity contribution in [2.45, 2.75) is 13.3 Å². The summed E-state index contributed by atoms with van der Waals surface area (Å²) in [5.41, 5.74) is 3.43. The number of nitrogens with one attached hydrogen (secondary N) is 2. The van der Waals surface area contributed by atoms with Crippen molar-refractivity contribution in [3.63, 3.8) is 0 Å². The van der Waals surface area contributed by atoms with Gasteiger partial charge < -0.3 is 10.6 Å². The molecule has 1 heterocycles. The van der Waals surface area contributed by atoms with E-state index >= 15 is 0 Å². The normalized spacial score (nSPS) is 10.4. The second-order valence-corrected chi connectivity index (χ2v) is 6.35. The molecule has 1 aromatic heterocycles. The van der Waals surface area contributed by atoms with Crippen LogP contribution in [0, 0.1) is 6.92 Å². The van der Waals surface area contributed by atoms with Gasteiger partial charge >= 0.3 is 0 Å². The Morgan fingerprint density at radius 1 is 1.08 bits per heavy atom. The van der Waals surface area contributed by atoms with Gasteiger partial charge in [0.05, 0.1) is 12.4 Å². The smallest absolute Gasteiger partial charge is 0.271 e.